The molecule has 1 aromatic heterocycles. The zero-order chi connectivity index (χ0) is 27.1. The molecule has 0 aliphatic rings. The van der Waals surface area contributed by atoms with Gasteiger partial charge in [0.05, 0.1) is 41.7 Å². The second-order valence-electron chi connectivity index (χ2n) is 7.98. The lowest BCUT2D eigenvalue weighted by atomic mass is 10.0. The van der Waals surface area contributed by atoms with E-state index in [0.717, 1.165) is 34.0 Å². The number of non-ortho nitro benzene ring substituents is 1. The summed E-state index contributed by atoms with van der Waals surface area (Å²) >= 11 is 0. The average molecular weight is 509 g/mol. The van der Waals surface area contributed by atoms with Crippen molar-refractivity contribution in [1.82, 2.24) is 9.97 Å². The fourth-order valence-electron chi connectivity index (χ4n) is 3.90. The van der Waals surface area contributed by atoms with E-state index in [9.17, 15) is 10.1 Å². The van der Waals surface area contributed by atoms with Crippen molar-refractivity contribution in [3.63, 3.8) is 0 Å². The summed E-state index contributed by atoms with van der Waals surface area (Å²) in [6.07, 6.45) is 0. The van der Waals surface area contributed by atoms with Gasteiger partial charge in [0, 0.05) is 28.9 Å². The van der Waals surface area contributed by atoms with E-state index in [-0.39, 0.29) is 5.69 Å². The SMILES string of the molecule is CC.COc1ccc(-c2nc3cccc(Nc4ccc([N+](=O)[O-])cc4)c3nc2-c2ccc(OC)cc2)cc1. The van der Waals surface area contributed by atoms with Crippen LogP contribution in [0.25, 0.3) is 33.5 Å². The predicted octanol–water partition coefficient (Wildman–Crippen LogP) is 7.66. The van der Waals surface area contributed by atoms with Gasteiger partial charge in [-0.05, 0) is 72.8 Å². The Morgan fingerprint density at radius 2 is 1.24 bits per heavy atom. The largest absolute Gasteiger partial charge is 0.497 e. The minimum atomic E-state index is -0.422. The molecule has 0 saturated carbocycles. The third kappa shape index (κ3) is 5.54. The minimum Gasteiger partial charge on any atom is -0.497 e. The zero-order valence-electron chi connectivity index (χ0n) is 21.6. The van der Waals surface area contributed by atoms with Gasteiger partial charge in [0.15, 0.2) is 0 Å². The predicted molar refractivity (Wildman–Crippen MR) is 151 cm³/mol. The Morgan fingerprint density at radius 1 is 0.711 bits per heavy atom. The number of nitro groups is 1. The van der Waals surface area contributed by atoms with Gasteiger partial charge >= 0.3 is 0 Å². The number of anilines is 2. The molecule has 0 saturated heterocycles. The molecule has 0 spiro atoms. The topological polar surface area (TPSA) is 99.4 Å². The van der Waals surface area contributed by atoms with Crippen molar-refractivity contribution in [2.24, 2.45) is 0 Å². The first kappa shape index (κ1) is 26.1. The van der Waals surface area contributed by atoms with Crippen LogP contribution in [0.2, 0.25) is 0 Å². The summed E-state index contributed by atoms with van der Waals surface area (Å²) in [7, 11) is 3.26. The van der Waals surface area contributed by atoms with Gasteiger partial charge in [0.1, 0.15) is 17.0 Å². The molecule has 4 aromatic carbocycles. The molecule has 5 rings (SSSR count). The summed E-state index contributed by atoms with van der Waals surface area (Å²) in [6, 6.07) is 27.4. The van der Waals surface area contributed by atoms with E-state index >= 15 is 0 Å². The maximum atomic E-state index is 11.0. The van der Waals surface area contributed by atoms with E-state index in [4.69, 9.17) is 19.4 Å². The summed E-state index contributed by atoms with van der Waals surface area (Å²) in [5, 5.41) is 14.3. The lowest BCUT2D eigenvalue weighted by molar-refractivity contribution is -0.384. The molecule has 0 amide bonds. The highest BCUT2D eigenvalue weighted by atomic mass is 16.6. The molecule has 1 N–H and O–H groups in total. The van der Waals surface area contributed by atoms with Crippen molar-refractivity contribution in [3.05, 3.63) is 101 Å². The Balaban J connectivity index is 0.00000164. The first-order valence-electron chi connectivity index (χ1n) is 12.2. The smallest absolute Gasteiger partial charge is 0.269 e. The van der Waals surface area contributed by atoms with Crippen molar-refractivity contribution < 1.29 is 14.4 Å². The Morgan fingerprint density at radius 3 is 1.74 bits per heavy atom. The molecule has 8 nitrogen and oxygen atoms in total. The van der Waals surface area contributed by atoms with Crippen molar-refractivity contribution in [2.45, 2.75) is 13.8 Å². The number of methoxy groups -OCH3 is 2. The van der Waals surface area contributed by atoms with Crippen LogP contribution in [0.4, 0.5) is 17.1 Å². The maximum Gasteiger partial charge on any atom is 0.269 e. The van der Waals surface area contributed by atoms with E-state index in [1.54, 1.807) is 26.4 Å². The number of para-hydroxylation sites is 1. The van der Waals surface area contributed by atoms with Crippen LogP contribution in [0.5, 0.6) is 11.5 Å². The zero-order valence-corrected chi connectivity index (χ0v) is 21.6. The number of hydrogen-bond acceptors (Lipinski definition) is 7. The Kier molecular flexibility index (Phi) is 8.13. The monoisotopic (exact) mass is 508 g/mol. The number of aromatic nitrogens is 2. The van der Waals surface area contributed by atoms with Gasteiger partial charge in [-0.2, -0.15) is 0 Å². The van der Waals surface area contributed by atoms with E-state index < -0.39 is 4.92 Å². The number of nitro benzene ring substituents is 1. The third-order valence-electron chi connectivity index (χ3n) is 5.78. The fourth-order valence-corrected chi connectivity index (χ4v) is 3.90. The second kappa shape index (κ2) is 11.8. The number of fused-ring (bicyclic) bond motifs is 1. The molecular weight excluding hydrogens is 480 g/mol. The highest BCUT2D eigenvalue weighted by Gasteiger charge is 2.16. The number of ether oxygens (including phenoxy) is 2. The van der Waals surface area contributed by atoms with Gasteiger partial charge < -0.3 is 14.8 Å². The average Bonchev–Trinajstić information content (AvgIpc) is 2.98. The molecule has 0 unspecified atom stereocenters. The van der Waals surface area contributed by atoms with Crippen molar-refractivity contribution >= 4 is 28.1 Å². The molecule has 0 radical (unpaired) electrons. The molecule has 0 bridgehead atoms. The Bertz CT molecular complexity index is 1530. The van der Waals surface area contributed by atoms with Crippen molar-refractivity contribution in [2.75, 3.05) is 19.5 Å². The van der Waals surface area contributed by atoms with Gasteiger partial charge in [0.25, 0.3) is 5.69 Å². The van der Waals surface area contributed by atoms with Crippen molar-refractivity contribution in [3.8, 4) is 34.0 Å². The molecule has 38 heavy (non-hydrogen) atoms. The van der Waals surface area contributed by atoms with Crippen LogP contribution in [0.1, 0.15) is 13.8 Å². The van der Waals surface area contributed by atoms with Gasteiger partial charge in [-0.15, -0.1) is 0 Å². The van der Waals surface area contributed by atoms with Crippen LogP contribution in [0, 0.1) is 10.1 Å². The van der Waals surface area contributed by atoms with Gasteiger partial charge in [0.2, 0.25) is 0 Å². The third-order valence-corrected chi connectivity index (χ3v) is 5.78. The quantitative estimate of drug-likeness (QED) is 0.178. The summed E-state index contributed by atoms with van der Waals surface area (Å²) < 4.78 is 10.6. The number of nitrogens with zero attached hydrogens (tertiary/aromatic N) is 3. The van der Waals surface area contributed by atoms with Crippen LogP contribution < -0.4 is 14.8 Å². The molecule has 0 aliphatic carbocycles. The highest BCUT2D eigenvalue weighted by molar-refractivity contribution is 5.94. The molecule has 0 atom stereocenters. The van der Waals surface area contributed by atoms with Crippen molar-refractivity contribution in [1.29, 1.82) is 0 Å². The lowest BCUT2D eigenvalue weighted by Gasteiger charge is -2.14. The number of hydrogen-bond donors (Lipinski definition) is 1. The van der Waals surface area contributed by atoms with E-state index in [1.807, 2.05) is 80.6 Å². The second-order valence-corrected chi connectivity index (χ2v) is 7.98. The highest BCUT2D eigenvalue weighted by Crippen LogP contribution is 2.35. The summed E-state index contributed by atoms with van der Waals surface area (Å²) in [6.45, 7) is 4.00. The molecule has 5 aromatic rings. The van der Waals surface area contributed by atoms with Crippen LogP contribution in [-0.4, -0.2) is 29.1 Å². The number of rotatable bonds is 7. The molecule has 1 heterocycles. The van der Waals surface area contributed by atoms with E-state index in [1.165, 1.54) is 12.1 Å². The molecule has 0 aliphatic heterocycles. The lowest BCUT2D eigenvalue weighted by Crippen LogP contribution is -1.99. The van der Waals surface area contributed by atoms with E-state index in [0.29, 0.717) is 22.4 Å². The Labute approximate surface area is 221 Å². The maximum absolute atomic E-state index is 11.0. The molecule has 8 heteroatoms. The van der Waals surface area contributed by atoms with Crippen LogP contribution >= 0.6 is 0 Å². The minimum absolute atomic E-state index is 0.0317. The van der Waals surface area contributed by atoms with Gasteiger partial charge in [-0.25, -0.2) is 9.97 Å². The first-order valence-corrected chi connectivity index (χ1v) is 12.2. The van der Waals surface area contributed by atoms with E-state index in [2.05, 4.69) is 5.32 Å². The summed E-state index contributed by atoms with van der Waals surface area (Å²) in [4.78, 5) is 20.6. The fraction of sp³-hybridized carbons (Fsp3) is 0.133. The first-order chi connectivity index (χ1) is 18.6. The standard InChI is InChI=1S/C28H22N4O4.C2H6/c1-35-22-14-6-18(7-15-22)26-27(19-8-16-23(36-2)17-9-19)31-28-24(4-3-5-25(28)30-26)29-20-10-12-21(13-11-20)32(33)34;1-2/h3-17,29H,1-2H3;1-2H3. The summed E-state index contributed by atoms with van der Waals surface area (Å²) in [5.74, 6) is 1.51. The molecular formula is C30H28N4O4. The van der Waals surface area contributed by atoms with Crippen LogP contribution in [0.15, 0.2) is 91.0 Å². The van der Waals surface area contributed by atoms with Gasteiger partial charge in [-0.1, -0.05) is 19.9 Å². The van der Waals surface area contributed by atoms with Crippen LogP contribution in [-0.2, 0) is 0 Å². The molecule has 0 fully saturated rings. The normalized spacial score (nSPS) is 10.3. The number of benzene rings is 4. The molecule has 192 valence electrons. The van der Waals surface area contributed by atoms with Crippen LogP contribution in [0.3, 0.4) is 0 Å². The summed E-state index contributed by atoms with van der Waals surface area (Å²) in [5.41, 5.74) is 6.13. The van der Waals surface area contributed by atoms with Gasteiger partial charge in [-0.3, -0.25) is 10.1 Å². The Hall–Kier alpha value is -4.98. The number of nitrogens with one attached hydrogen (secondary N) is 1.